The van der Waals surface area contributed by atoms with Crippen LogP contribution in [0.25, 0.3) is 32.7 Å². The van der Waals surface area contributed by atoms with Crippen LogP contribution in [0.3, 0.4) is 0 Å². The van der Waals surface area contributed by atoms with Gasteiger partial charge in [-0.25, -0.2) is 4.98 Å². The molecule has 0 fully saturated rings. The monoisotopic (exact) mass is 446 g/mol. The van der Waals surface area contributed by atoms with Gasteiger partial charge in [0.2, 0.25) is 0 Å². The van der Waals surface area contributed by atoms with E-state index in [1.54, 1.807) is 4.57 Å². The second-order valence-corrected chi connectivity index (χ2v) is 8.95. The number of fused-ring (bicyclic) bond motifs is 1. The number of thiophene rings is 1. The summed E-state index contributed by atoms with van der Waals surface area (Å²) in [5, 5.41) is 2.66. The SMILES string of the molecule is COC(=O)CCCn1c(-c2cccc(C)c2)nc2scc(-c3ccc(C)cc3C)c2c1=O. The number of benzene rings is 2. The van der Waals surface area contributed by atoms with Crippen LogP contribution in [0, 0.1) is 20.8 Å². The van der Waals surface area contributed by atoms with Crippen molar-refractivity contribution in [2.75, 3.05) is 7.11 Å². The fraction of sp³-hybridized carbons (Fsp3) is 0.269. The Morgan fingerprint density at radius 2 is 1.84 bits per heavy atom. The number of aryl methyl sites for hydroxylation is 3. The summed E-state index contributed by atoms with van der Waals surface area (Å²) in [5.41, 5.74) is 6.19. The van der Waals surface area contributed by atoms with E-state index in [1.807, 2.05) is 36.6 Å². The number of hydrogen-bond acceptors (Lipinski definition) is 5. The smallest absolute Gasteiger partial charge is 0.305 e. The summed E-state index contributed by atoms with van der Waals surface area (Å²) in [6.45, 7) is 6.54. The molecule has 0 bridgehead atoms. The zero-order valence-electron chi connectivity index (χ0n) is 18.8. The van der Waals surface area contributed by atoms with Gasteiger partial charge in [0, 0.05) is 29.5 Å². The summed E-state index contributed by atoms with van der Waals surface area (Å²) < 4.78 is 6.47. The molecule has 0 aliphatic rings. The number of methoxy groups -OCH3 is 1. The zero-order chi connectivity index (χ0) is 22.8. The fourth-order valence-corrected chi connectivity index (χ4v) is 4.96. The van der Waals surface area contributed by atoms with E-state index >= 15 is 0 Å². The Morgan fingerprint density at radius 3 is 2.56 bits per heavy atom. The lowest BCUT2D eigenvalue weighted by atomic mass is 9.99. The van der Waals surface area contributed by atoms with E-state index in [-0.39, 0.29) is 17.9 Å². The van der Waals surface area contributed by atoms with E-state index in [0.29, 0.717) is 24.2 Å². The number of carbonyl (C=O) groups is 1. The van der Waals surface area contributed by atoms with Crippen LogP contribution in [0.4, 0.5) is 0 Å². The highest BCUT2D eigenvalue weighted by atomic mass is 32.1. The first-order valence-electron chi connectivity index (χ1n) is 10.6. The third-order valence-corrected chi connectivity index (χ3v) is 6.50. The molecule has 2 aromatic carbocycles. The predicted octanol–water partition coefficient (Wildman–Crippen LogP) is 5.67. The lowest BCUT2D eigenvalue weighted by Gasteiger charge is -2.14. The molecule has 4 aromatic rings. The van der Waals surface area contributed by atoms with Crippen molar-refractivity contribution in [3.8, 4) is 22.5 Å². The van der Waals surface area contributed by atoms with E-state index in [0.717, 1.165) is 32.6 Å². The molecule has 6 heteroatoms. The third kappa shape index (κ3) is 4.23. The Morgan fingerprint density at radius 1 is 1.06 bits per heavy atom. The Bertz CT molecular complexity index is 1370. The minimum atomic E-state index is -0.282. The molecule has 2 aromatic heterocycles. The maximum Gasteiger partial charge on any atom is 0.305 e. The minimum absolute atomic E-state index is 0.0763. The molecule has 4 rings (SSSR count). The standard InChI is InChI=1S/C26H26N2O3S/c1-16-7-5-8-19(14-16)24-27-25-23(26(30)28(24)12-6-9-22(29)31-4)21(15-32-25)20-11-10-17(2)13-18(20)3/h5,7-8,10-11,13-15H,6,9,12H2,1-4H3. The molecular weight excluding hydrogens is 420 g/mol. The van der Waals surface area contributed by atoms with Crippen LogP contribution >= 0.6 is 11.3 Å². The van der Waals surface area contributed by atoms with Gasteiger partial charge in [-0.2, -0.15) is 0 Å². The van der Waals surface area contributed by atoms with Crippen molar-refractivity contribution in [1.82, 2.24) is 9.55 Å². The number of carbonyl (C=O) groups excluding carboxylic acids is 1. The van der Waals surface area contributed by atoms with Crippen LogP contribution in [0.15, 0.2) is 52.6 Å². The lowest BCUT2D eigenvalue weighted by Crippen LogP contribution is -2.24. The molecule has 5 nitrogen and oxygen atoms in total. The highest BCUT2D eigenvalue weighted by Gasteiger charge is 2.19. The van der Waals surface area contributed by atoms with Crippen LogP contribution < -0.4 is 5.56 Å². The van der Waals surface area contributed by atoms with Crippen molar-refractivity contribution in [2.45, 2.75) is 40.2 Å². The zero-order valence-corrected chi connectivity index (χ0v) is 19.6. The minimum Gasteiger partial charge on any atom is -0.469 e. The number of hydrogen-bond donors (Lipinski definition) is 0. The fourth-order valence-electron chi connectivity index (χ4n) is 4.03. The quantitative estimate of drug-likeness (QED) is 0.358. The number of aromatic nitrogens is 2. The number of rotatable bonds is 6. The van der Waals surface area contributed by atoms with E-state index < -0.39 is 0 Å². The van der Waals surface area contributed by atoms with E-state index in [4.69, 9.17) is 9.72 Å². The molecule has 0 saturated carbocycles. The highest BCUT2D eigenvalue weighted by Crippen LogP contribution is 2.34. The van der Waals surface area contributed by atoms with Gasteiger partial charge >= 0.3 is 5.97 Å². The van der Waals surface area contributed by atoms with Gasteiger partial charge in [0.15, 0.2) is 0 Å². The first kappa shape index (κ1) is 22.0. The van der Waals surface area contributed by atoms with Crippen LogP contribution in [-0.2, 0) is 16.1 Å². The van der Waals surface area contributed by atoms with Crippen molar-refractivity contribution in [1.29, 1.82) is 0 Å². The van der Waals surface area contributed by atoms with Crippen LogP contribution in [0.5, 0.6) is 0 Å². The number of ether oxygens (including phenoxy) is 1. The van der Waals surface area contributed by atoms with Gasteiger partial charge in [0.05, 0.1) is 12.5 Å². The molecule has 0 atom stereocenters. The van der Waals surface area contributed by atoms with Gasteiger partial charge in [-0.05, 0) is 44.4 Å². The van der Waals surface area contributed by atoms with Gasteiger partial charge in [0.1, 0.15) is 10.7 Å². The van der Waals surface area contributed by atoms with Gasteiger partial charge in [0.25, 0.3) is 5.56 Å². The summed E-state index contributed by atoms with van der Waals surface area (Å²) in [6.07, 6.45) is 0.753. The third-order valence-electron chi connectivity index (χ3n) is 5.63. The Balaban J connectivity index is 1.91. The van der Waals surface area contributed by atoms with Crippen molar-refractivity contribution in [3.63, 3.8) is 0 Å². The Hall–Kier alpha value is -3.25. The van der Waals surface area contributed by atoms with E-state index in [2.05, 4.69) is 32.0 Å². The molecule has 0 amide bonds. The van der Waals surface area contributed by atoms with Gasteiger partial charge in [-0.1, -0.05) is 47.5 Å². The van der Waals surface area contributed by atoms with Crippen molar-refractivity contribution >= 4 is 27.5 Å². The molecule has 0 unspecified atom stereocenters. The normalized spacial score (nSPS) is 11.1. The molecule has 0 radical (unpaired) electrons. The Kier molecular flexibility index (Phi) is 6.24. The molecular formula is C26H26N2O3S. The highest BCUT2D eigenvalue weighted by molar-refractivity contribution is 7.17. The van der Waals surface area contributed by atoms with Crippen LogP contribution in [0.1, 0.15) is 29.5 Å². The molecule has 0 N–H and O–H groups in total. The van der Waals surface area contributed by atoms with Crippen molar-refractivity contribution < 1.29 is 9.53 Å². The molecule has 0 spiro atoms. The largest absolute Gasteiger partial charge is 0.469 e. The van der Waals surface area contributed by atoms with Crippen molar-refractivity contribution in [3.05, 3.63) is 74.9 Å². The van der Waals surface area contributed by atoms with Gasteiger partial charge < -0.3 is 4.74 Å². The average molecular weight is 447 g/mol. The van der Waals surface area contributed by atoms with E-state index in [9.17, 15) is 9.59 Å². The summed E-state index contributed by atoms with van der Waals surface area (Å²) in [5.74, 6) is 0.348. The molecule has 0 saturated heterocycles. The number of esters is 1. The lowest BCUT2D eigenvalue weighted by molar-refractivity contribution is -0.140. The van der Waals surface area contributed by atoms with Gasteiger partial charge in [-0.3, -0.25) is 14.2 Å². The van der Waals surface area contributed by atoms with Gasteiger partial charge in [-0.15, -0.1) is 11.3 Å². The molecule has 32 heavy (non-hydrogen) atoms. The summed E-state index contributed by atoms with van der Waals surface area (Å²) in [7, 11) is 1.38. The second-order valence-electron chi connectivity index (χ2n) is 8.09. The molecule has 0 aliphatic heterocycles. The Labute approximate surface area is 191 Å². The maximum atomic E-state index is 13.8. The predicted molar refractivity (Wildman–Crippen MR) is 130 cm³/mol. The van der Waals surface area contributed by atoms with Crippen molar-refractivity contribution in [2.24, 2.45) is 0 Å². The second kappa shape index (κ2) is 9.09. The topological polar surface area (TPSA) is 61.2 Å². The molecule has 0 aliphatic carbocycles. The first-order chi connectivity index (χ1) is 15.4. The molecule has 164 valence electrons. The molecule has 2 heterocycles. The summed E-state index contributed by atoms with van der Waals surface area (Å²) in [4.78, 5) is 31.1. The van der Waals surface area contributed by atoms with Crippen LogP contribution in [-0.4, -0.2) is 22.6 Å². The number of nitrogens with zero attached hydrogens (tertiary/aromatic N) is 2. The summed E-state index contributed by atoms with van der Waals surface area (Å²) in [6, 6.07) is 14.2. The summed E-state index contributed by atoms with van der Waals surface area (Å²) >= 11 is 1.49. The maximum absolute atomic E-state index is 13.8. The van der Waals surface area contributed by atoms with E-state index in [1.165, 1.54) is 24.0 Å². The first-order valence-corrected chi connectivity index (χ1v) is 11.5. The average Bonchev–Trinajstić information content (AvgIpc) is 3.19. The van der Waals surface area contributed by atoms with Crippen LogP contribution in [0.2, 0.25) is 0 Å².